The summed E-state index contributed by atoms with van der Waals surface area (Å²) in [5, 5.41) is 7.75. The Morgan fingerprint density at radius 1 is 1.19 bits per heavy atom. The summed E-state index contributed by atoms with van der Waals surface area (Å²) in [7, 11) is 0. The van der Waals surface area contributed by atoms with Gasteiger partial charge in [-0.1, -0.05) is 6.07 Å². The van der Waals surface area contributed by atoms with Gasteiger partial charge in [0.05, 0.1) is 18.5 Å². The number of rotatable bonds is 5. The van der Waals surface area contributed by atoms with Crippen molar-refractivity contribution < 1.29 is 4.42 Å². The maximum Gasteiger partial charge on any atom is 0.153 e. The van der Waals surface area contributed by atoms with E-state index in [1.165, 1.54) is 0 Å². The second kappa shape index (κ2) is 5.93. The Balaban J connectivity index is 1.63. The molecule has 0 aliphatic heterocycles. The van der Waals surface area contributed by atoms with Gasteiger partial charge in [-0.2, -0.15) is 5.10 Å². The van der Waals surface area contributed by atoms with Crippen molar-refractivity contribution in [3.05, 3.63) is 65.5 Å². The van der Waals surface area contributed by atoms with Crippen LogP contribution in [0.5, 0.6) is 0 Å². The van der Waals surface area contributed by atoms with Crippen LogP contribution in [0.1, 0.15) is 22.7 Å². The van der Waals surface area contributed by atoms with Crippen molar-refractivity contribution in [2.24, 2.45) is 0 Å². The van der Waals surface area contributed by atoms with Gasteiger partial charge in [0.2, 0.25) is 0 Å². The third-order valence-corrected chi connectivity index (χ3v) is 3.24. The highest BCUT2D eigenvalue weighted by Gasteiger charge is 2.04. The van der Waals surface area contributed by atoms with E-state index in [9.17, 15) is 0 Å². The molecule has 0 radical (unpaired) electrons. The quantitative estimate of drug-likeness (QED) is 0.782. The molecule has 3 rings (SSSR count). The molecule has 3 heterocycles. The predicted octanol–water partition coefficient (Wildman–Crippen LogP) is 2.77. The van der Waals surface area contributed by atoms with Crippen LogP contribution in [0.25, 0.3) is 5.82 Å². The molecular weight excluding hydrogens is 264 g/mol. The van der Waals surface area contributed by atoms with Crippen molar-refractivity contribution in [1.29, 1.82) is 0 Å². The Hall–Kier alpha value is -2.40. The molecule has 3 aromatic rings. The number of aromatic nitrogens is 3. The van der Waals surface area contributed by atoms with Gasteiger partial charge in [-0.15, -0.1) is 0 Å². The first-order chi connectivity index (χ1) is 10.2. The lowest BCUT2D eigenvalue weighted by atomic mass is 10.2. The molecule has 0 spiro atoms. The first kappa shape index (κ1) is 13.6. The molecule has 0 atom stereocenters. The van der Waals surface area contributed by atoms with E-state index in [2.05, 4.69) is 21.5 Å². The second-order valence-electron chi connectivity index (χ2n) is 5.05. The zero-order valence-electron chi connectivity index (χ0n) is 12.2. The molecule has 0 aromatic carbocycles. The van der Waals surface area contributed by atoms with Crippen LogP contribution in [0.2, 0.25) is 0 Å². The van der Waals surface area contributed by atoms with E-state index >= 15 is 0 Å². The Morgan fingerprint density at radius 2 is 2.10 bits per heavy atom. The number of aryl methyl sites for hydroxylation is 2. The number of hydrogen-bond acceptors (Lipinski definition) is 4. The van der Waals surface area contributed by atoms with Gasteiger partial charge >= 0.3 is 0 Å². The Bertz CT molecular complexity index is 698. The third kappa shape index (κ3) is 3.20. The zero-order valence-corrected chi connectivity index (χ0v) is 12.2. The topological polar surface area (TPSA) is 55.9 Å². The summed E-state index contributed by atoms with van der Waals surface area (Å²) in [6.07, 6.45) is 3.56. The van der Waals surface area contributed by atoms with E-state index in [1.807, 2.05) is 49.0 Å². The van der Waals surface area contributed by atoms with Gasteiger partial charge < -0.3 is 9.73 Å². The van der Waals surface area contributed by atoms with Gasteiger partial charge in [0.25, 0.3) is 0 Å². The van der Waals surface area contributed by atoms with Crippen molar-refractivity contribution in [3.63, 3.8) is 0 Å². The lowest BCUT2D eigenvalue weighted by Crippen LogP contribution is -2.12. The molecule has 1 N–H and O–H groups in total. The van der Waals surface area contributed by atoms with Crippen LogP contribution in [0.4, 0.5) is 0 Å². The molecule has 5 heteroatoms. The minimum atomic E-state index is 0.714. The van der Waals surface area contributed by atoms with Crippen LogP contribution in [0.3, 0.4) is 0 Å². The van der Waals surface area contributed by atoms with E-state index < -0.39 is 0 Å². The maximum atomic E-state index is 5.27. The van der Waals surface area contributed by atoms with Gasteiger partial charge in [-0.25, -0.2) is 9.67 Å². The van der Waals surface area contributed by atoms with Crippen molar-refractivity contribution in [1.82, 2.24) is 20.1 Å². The van der Waals surface area contributed by atoms with Crippen molar-refractivity contribution in [3.8, 4) is 5.82 Å². The molecule has 5 nitrogen and oxygen atoms in total. The minimum absolute atomic E-state index is 0.714. The molecular formula is C16H18N4O. The van der Waals surface area contributed by atoms with Gasteiger partial charge in [0.1, 0.15) is 5.76 Å². The third-order valence-electron chi connectivity index (χ3n) is 3.24. The minimum Gasteiger partial charge on any atom is -0.468 e. The first-order valence-electron chi connectivity index (χ1n) is 6.94. The number of nitrogens with one attached hydrogen (secondary N) is 1. The number of nitrogens with zero attached hydrogens (tertiary/aromatic N) is 3. The van der Waals surface area contributed by atoms with Gasteiger partial charge in [-0.3, -0.25) is 0 Å². The van der Waals surface area contributed by atoms with Crippen LogP contribution in [-0.4, -0.2) is 14.8 Å². The van der Waals surface area contributed by atoms with Gasteiger partial charge in [0.15, 0.2) is 5.82 Å². The number of furan rings is 1. The van der Waals surface area contributed by atoms with Crippen LogP contribution >= 0.6 is 0 Å². The fourth-order valence-corrected chi connectivity index (χ4v) is 2.25. The van der Waals surface area contributed by atoms with E-state index in [0.717, 1.165) is 35.1 Å². The molecule has 0 amide bonds. The van der Waals surface area contributed by atoms with Crippen LogP contribution in [0.15, 0.2) is 47.2 Å². The van der Waals surface area contributed by atoms with E-state index in [-0.39, 0.29) is 0 Å². The van der Waals surface area contributed by atoms with Gasteiger partial charge in [0, 0.05) is 18.4 Å². The largest absolute Gasteiger partial charge is 0.468 e. The fourth-order valence-electron chi connectivity index (χ4n) is 2.25. The van der Waals surface area contributed by atoms with Gasteiger partial charge in [-0.05, 0) is 43.7 Å². The molecule has 108 valence electrons. The number of pyridine rings is 1. The zero-order chi connectivity index (χ0) is 14.7. The molecule has 0 unspecified atom stereocenters. The lowest BCUT2D eigenvalue weighted by Gasteiger charge is -2.06. The highest BCUT2D eigenvalue weighted by Crippen LogP contribution is 2.10. The Labute approximate surface area is 123 Å². The SMILES string of the molecule is Cc1cc(C)n(-c2ccc(CNCc3ccco3)cn2)n1. The predicted molar refractivity (Wildman–Crippen MR) is 80.1 cm³/mol. The summed E-state index contributed by atoms with van der Waals surface area (Å²) in [5.41, 5.74) is 3.22. The average Bonchev–Trinajstić information content (AvgIpc) is 3.09. The van der Waals surface area contributed by atoms with Crippen LogP contribution in [0, 0.1) is 13.8 Å². The average molecular weight is 282 g/mol. The highest BCUT2D eigenvalue weighted by atomic mass is 16.3. The Kier molecular flexibility index (Phi) is 3.83. The molecule has 0 bridgehead atoms. The summed E-state index contributed by atoms with van der Waals surface area (Å²) in [4.78, 5) is 4.48. The summed E-state index contributed by atoms with van der Waals surface area (Å²) in [6.45, 7) is 5.48. The Morgan fingerprint density at radius 3 is 2.71 bits per heavy atom. The van der Waals surface area contributed by atoms with Crippen molar-refractivity contribution in [2.45, 2.75) is 26.9 Å². The first-order valence-corrected chi connectivity index (χ1v) is 6.94. The highest BCUT2D eigenvalue weighted by molar-refractivity contribution is 5.27. The number of hydrogen-bond donors (Lipinski definition) is 1. The molecule has 0 saturated heterocycles. The molecule has 0 aliphatic rings. The molecule has 21 heavy (non-hydrogen) atoms. The molecule has 0 aliphatic carbocycles. The lowest BCUT2D eigenvalue weighted by molar-refractivity contribution is 0.483. The van der Waals surface area contributed by atoms with E-state index in [1.54, 1.807) is 6.26 Å². The van der Waals surface area contributed by atoms with Crippen LogP contribution < -0.4 is 5.32 Å². The maximum absolute atomic E-state index is 5.27. The molecule has 0 fully saturated rings. The standard InChI is InChI=1S/C16H18N4O/c1-12-8-13(2)20(19-12)16-6-5-14(10-18-16)9-17-11-15-4-3-7-21-15/h3-8,10,17H,9,11H2,1-2H3. The summed E-state index contributed by atoms with van der Waals surface area (Å²) >= 11 is 0. The van der Waals surface area contributed by atoms with E-state index in [0.29, 0.717) is 6.54 Å². The van der Waals surface area contributed by atoms with E-state index in [4.69, 9.17) is 4.42 Å². The normalized spacial score (nSPS) is 11.0. The summed E-state index contributed by atoms with van der Waals surface area (Å²) in [6, 6.07) is 9.94. The molecule has 3 aromatic heterocycles. The fraction of sp³-hybridized carbons (Fsp3) is 0.250. The van der Waals surface area contributed by atoms with Crippen molar-refractivity contribution in [2.75, 3.05) is 0 Å². The summed E-state index contributed by atoms with van der Waals surface area (Å²) < 4.78 is 7.13. The smallest absolute Gasteiger partial charge is 0.153 e. The van der Waals surface area contributed by atoms with Crippen LogP contribution in [-0.2, 0) is 13.1 Å². The monoisotopic (exact) mass is 282 g/mol. The second-order valence-corrected chi connectivity index (χ2v) is 5.05. The van der Waals surface area contributed by atoms with Crippen molar-refractivity contribution >= 4 is 0 Å². The summed E-state index contributed by atoms with van der Waals surface area (Å²) in [5.74, 6) is 1.78. The molecule has 0 saturated carbocycles.